The summed E-state index contributed by atoms with van der Waals surface area (Å²) in [5, 5.41) is 0. The second kappa shape index (κ2) is 20.7. The minimum atomic E-state index is -4.55. The molecule has 0 saturated heterocycles. The quantitative estimate of drug-likeness (QED) is 0.0837. The van der Waals surface area contributed by atoms with E-state index in [1.165, 1.54) is 41.1 Å². The largest absolute Gasteiger partial charge is 1.00 e. The molecule has 0 spiro atoms. The molecule has 280 valence electrons. The van der Waals surface area contributed by atoms with E-state index in [4.69, 9.17) is 0 Å². The Morgan fingerprint density at radius 3 is 1.24 bits per heavy atom. The van der Waals surface area contributed by atoms with Crippen LogP contribution < -0.4 is 73.8 Å². The predicted octanol–water partition coefficient (Wildman–Crippen LogP) is 1.89. The number of rotatable bonds is 16. The topological polar surface area (TPSA) is 124 Å². The summed E-state index contributed by atoms with van der Waals surface area (Å²) in [4.78, 5) is 6.14. The van der Waals surface area contributed by atoms with Crippen molar-refractivity contribution in [2.75, 3.05) is 40.9 Å². The molecule has 0 N–H and O–H groups in total. The van der Waals surface area contributed by atoms with Gasteiger partial charge in [-0.15, -0.1) is 0 Å². The van der Waals surface area contributed by atoms with Crippen LogP contribution in [-0.4, -0.2) is 52.1 Å². The molecule has 9 nitrogen and oxygen atoms in total. The molecule has 0 radical (unpaired) electrons. The minimum absolute atomic E-state index is 0. The van der Waals surface area contributed by atoms with Gasteiger partial charge in [0, 0.05) is 62.2 Å². The van der Waals surface area contributed by atoms with E-state index in [-0.39, 0.29) is 74.8 Å². The first-order valence-corrected chi connectivity index (χ1v) is 20.7. The third-order valence-corrected chi connectivity index (χ3v) is 11.4. The molecule has 0 bridgehead atoms. The molecular weight excluding hydrogens is 753 g/mol. The average Bonchev–Trinajstić information content (AvgIpc) is 3.14. The maximum atomic E-state index is 11.6. The molecule has 0 atom stereocenters. The molecule has 5 aromatic rings. The monoisotopic (exact) mass is 799 g/mol. The van der Waals surface area contributed by atoms with Crippen molar-refractivity contribution in [2.45, 2.75) is 63.4 Å². The zero-order valence-corrected chi connectivity index (χ0v) is 38.5. The first-order chi connectivity index (χ1) is 25.2. The Kier molecular flexibility index (Phi) is 17.5. The summed E-state index contributed by atoms with van der Waals surface area (Å²) in [5.74, 6) is -0.0770. The van der Waals surface area contributed by atoms with Gasteiger partial charge in [-0.2, -0.15) is 0 Å². The van der Waals surface area contributed by atoms with Crippen molar-refractivity contribution in [3.05, 3.63) is 149 Å². The normalized spacial score (nSPS) is 11.4. The standard InChI is InChI=1S/C42H49N3O6S2.2Na/c1-6-43(7-2)38-24-25-41(31(5)26-38)42(34-16-20-36(21-17-34)44(8-3)29-32-12-10-14-39(27-32)52(46,47)48)35-18-22-37(23-19-35)45(9-4)30-33-13-11-15-40(28-33)53(49,50)51;;/h10-28,42H,6-9,29-30H2,1-5H3,(H,46,47,48)(H,49,50,51);;/q;2*+1/p-2. The van der Waals surface area contributed by atoms with Crippen molar-refractivity contribution >= 4 is 37.3 Å². The first kappa shape index (κ1) is 46.7. The minimum Gasteiger partial charge on any atom is -0.744 e. The fraction of sp³-hybridized carbons (Fsp3) is 0.286. The smallest absolute Gasteiger partial charge is 0.744 e. The number of aryl methyl sites for hydroxylation is 1. The van der Waals surface area contributed by atoms with Crippen LogP contribution in [0.25, 0.3) is 0 Å². The number of nitrogens with zero attached hydrogens (tertiary/aromatic N) is 3. The fourth-order valence-electron chi connectivity index (χ4n) is 6.89. The third-order valence-electron chi connectivity index (χ3n) is 9.76. The average molecular weight is 800 g/mol. The van der Waals surface area contributed by atoms with Gasteiger partial charge in [0.05, 0.1) is 9.79 Å². The summed E-state index contributed by atoms with van der Waals surface area (Å²) >= 11 is 0. The van der Waals surface area contributed by atoms with Crippen LogP contribution in [0.3, 0.4) is 0 Å². The molecule has 0 fully saturated rings. The van der Waals surface area contributed by atoms with Gasteiger partial charge in [-0.1, -0.05) is 54.6 Å². The van der Waals surface area contributed by atoms with Gasteiger partial charge < -0.3 is 23.8 Å². The number of anilines is 3. The van der Waals surface area contributed by atoms with Gasteiger partial charge in [-0.25, -0.2) is 16.8 Å². The second-order valence-electron chi connectivity index (χ2n) is 13.1. The van der Waals surface area contributed by atoms with Crippen LogP contribution in [0.5, 0.6) is 0 Å². The van der Waals surface area contributed by atoms with Crippen molar-refractivity contribution in [3.8, 4) is 0 Å². The summed E-state index contributed by atoms with van der Waals surface area (Å²) in [7, 11) is -9.10. The van der Waals surface area contributed by atoms with Crippen LogP contribution in [-0.2, 0) is 33.3 Å². The van der Waals surface area contributed by atoms with E-state index in [0.717, 1.165) is 46.7 Å². The van der Waals surface area contributed by atoms with Crippen LogP contribution in [0.2, 0.25) is 0 Å². The number of benzene rings is 5. The van der Waals surface area contributed by atoms with E-state index in [9.17, 15) is 25.9 Å². The Labute approximate surface area is 371 Å². The van der Waals surface area contributed by atoms with Gasteiger partial charge in [0.1, 0.15) is 20.2 Å². The molecule has 13 heteroatoms. The molecule has 0 aliphatic rings. The molecule has 0 unspecified atom stereocenters. The van der Waals surface area contributed by atoms with E-state index >= 15 is 0 Å². The maximum absolute atomic E-state index is 11.6. The van der Waals surface area contributed by atoms with E-state index in [1.807, 2.05) is 26.0 Å². The van der Waals surface area contributed by atoms with E-state index < -0.39 is 20.2 Å². The zero-order chi connectivity index (χ0) is 38.3. The molecule has 0 aliphatic carbocycles. The Balaban J connectivity index is 0.00000406. The second-order valence-corrected chi connectivity index (χ2v) is 15.8. The van der Waals surface area contributed by atoms with Crippen LogP contribution in [0, 0.1) is 6.92 Å². The molecule has 0 aromatic heterocycles. The summed E-state index contributed by atoms with van der Waals surface area (Å²) in [6, 6.07) is 35.9. The van der Waals surface area contributed by atoms with Crippen LogP contribution in [0.15, 0.2) is 125 Å². The first-order valence-electron chi connectivity index (χ1n) is 17.9. The fourth-order valence-corrected chi connectivity index (χ4v) is 7.97. The summed E-state index contributed by atoms with van der Waals surface area (Å²) in [5.41, 5.74) is 9.19. The number of hydrogen-bond donors (Lipinski definition) is 0. The van der Waals surface area contributed by atoms with Gasteiger partial charge in [0.25, 0.3) is 0 Å². The summed E-state index contributed by atoms with van der Waals surface area (Å²) in [6.45, 7) is 14.6. The van der Waals surface area contributed by atoms with Gasteiger partial charge in [0.2, 0.25) is 0 Å². The Morgan fingerprint density at radius 2 is 0.891 bits per heavy atom. The SMILES string of the molecule is CCN(CC)c1ccc(C(c2ccc(N(CC)Cc3cccc(S(=O)(=O)[O-])c3)cc2)c2ccc(N(CC)Cc3cccc(S(=O)(=O)[O-])c3)cc2)c(C)c1.[Na+].[Na+]. The Morgan fingerprint density at radius 1 is 0.509 bits per heavy atom. The third kappa shape index (κ3) is 11.9. The molecule has 0 heterocycles. The van der Waals surface area contributed by atoms with Crippen LogP contribution >= 0.6 is 0 Å². The maximum Gasteiger partial charge on any atom is 1.00 e. The van der Waals surface area contributed by atoms with Crippen molar-refractivity contribution in [2.24, 2.45) is 0 Å². The van der Waals surface area contributed by atoms with Crippen molar-refractivity contribution in [1.29, 1.82) is 0 Å². The summed E-state index contributed by atoms with van der Waals surface area (Å²) < 4.78 is 69.8. The Bertz CT molecular complexity index is 2100. The van der Waals surface area contributed by atoms with E-state index in [1.54, 1.807) is 12.1 Å². The van der Waals surface area contributed by atoms with Gasteiger partial charge >= 0.3 is 59.1 Å². The zero-order valence-electron chi connectivity index (χ0n) is 32.9. The molecule has 0 aliphatic heterocycles. The number of hydrogen-bond acceptors (Lipinski definition) is 9. The van der Waals surface area contributed by atoms with Gasteiger partial charge in [-0.05, 0) is 129 Å². The predicted molar refractivity (Wildman–Crippen MR) is 211 cm³/mol. The van der Waals surface area contributed by atoms with Crippen LogP contribution in [0.4, 0.5) is 17.1 Å². The molecular formula is C42H47N3Na2O6S2. The van der Waals surface area contributed by atoms with Crippen LogP contribution in [0.1, 0.15) is 67.0 Å². The van der Waals surface area contributed by atoms with E-state index in [2.05, 4.69) is 102 Å². The summed E-state index contributed by atoms with van der Waals surface area (Å²) in [6.07, 6.45) is 0. The van der Waals surface area contributed by atoms with Crippen molar-refractivity contribution in [3.63, 3.8) is 0 Å². The van der Waals surface area contributed by atoms with Gasteiger partial charge in [-0.3, -0.25) is 0 Å². The molecule has 5 rings (SSSR count). The molecule has 0 amide bonds. The van der Waals surface area contributed by atoms with E-state index in [0.29, 0.717) is 26.2 Å². The van der Waals surface area contributed by atoms with Crippen molar-refractivity contribution in [1.82, 2.24) is 0 Å². The molecule has 55 heavy (non-hydrogen) atoms. The Hall–Kier alpha value is -2.68. The van der Waals surface area contributed by atoms with Crippen molar-refractivity contribution < 1.29 is 85.1 Å². The van der Waals surface area contributed by atoms with Gasteiger partial charge in [0.15, 0.2) is 0 Å². The molecule has 0 saturated carbocycles. The molecule has 5 aromatic carbocycles.